The number of hydroxylamine groups is 1. The first kappa shape index (κ1) is 16.7. The number of nitrogens with two attached hydrogens (primary N) is 1. The summed E-state index contributed by atoms with van der Waals surface area (Å²) in [7, 11) is 0. The van der Waals surface area contributed by atoms with E-state index in [1.807, 2.05) is 37.3 Å². The van der Waals surface area contributed by atoms with Gasteiger partial charge in [0.25, 0.3) is 0 Å². The van der Waals surface area contributed by atoms with Crippen LogP contribution in [-0.4, -0.2) is 11.8 Å². The third-order valence-electron chi connectivity index (χ3n) is 5.41. The molecule has 26 heavy (non-hydrogen) atoms. The SMILES string of the molecule is C[C@H]([NH2+]OC(=O)c1ccc(C(=[O+])[C@@H]2[C@@H]3C=CC[C@@H]32)cc1)c1ccccc1. The summed E-state index contributed by atoms with van der Waals surface area (Å²) < 4.78 is 0. The van der Waals surface area contributed by atoms with E-state index in [-0.39, 0.29) is 17.7 Å². The van der Waals surface area contributed by atoms with Crippen LogP contribution in [-0.2, 0) is 4.84 Å². The monoisotopic (exact) mass is 348 g/mol. The molecule has 4 nitrogen and oxygen atoms in total. The molecule has 2 N–H and O–H groups in total. The maximum atomic E-state index is 12.5. The summed E-state index contributed by atoms with van der Waals surface area (Å²) in [5.74, 6) is 0.854. The quantitative estimate of drug-likeness (QED) is 0.378. The molecule has 4 heteroatoms. The molecule has 0 heterocycles. The molecule has 2 aliphatic carbocycles. The Hall–Kier alpha value is -2.72. The van der Waals surface area contributed by atoms with Crippen LogP contribution >= 0.6 is 0 Å². The number of fused-ring (bicyclic) bond motifs is 1. The maximum absolute atomic E-state index is 12.5. The number of benzene rings is 2. The van der Waals surface area contributed by atoms with Crippen molar-refractivity contribution in [2.45, 2.75) is 19.4 Å². The maximum Gasteiger partial charge on any atom is 0.478 e. The Kier molecular flexibility index (Phi) is 4.43. The second-order valence-corrected chi connectivity index (χ2v) is 7.11. The summed E-state index contributed by atoms with van der Waals surface area (Å²) in [4.78, 5) is 30.0. The van der Waals surface area contributed by atoms with Gasteiger partial charge in [-0.1, -0.05) is 42.5 Å². The van der Waals surface area contributed by atoms with E-state index in [1.54, 1.807) is 29.7 Å². The summed E-state index contributed by atoms with van der Waals surface area (Å²) in [6, 6.07) is 16.7. The van der Waals surface area contributed by atoms with Crippen molar-refractivity contribution in [1.29, 1.82) is 0 Å². The number of Topliss-reactive ketones (excluding diaryl/α,β-unsaturated/α-hetero) is 1. The number of quaternary nitrogens is 1. The molecule has 1 saturated carbocycles. The molecule has 4 rings (SSSR count). The zero-order valence-corrected chi connectivity index (χ0v) is 14.7. The molecule has 131 valence electrons. The Bertz CT molecular complexity index is 841. The van der Waals surface area contributed by atoms with Gasteiger partial charge in [-0.05, 0) is 49.4 Å². The minimum absolute atomic E-state index is 0.0170. The molecular weight excluding hydrogens is 326 g/mol. The zero-order valence-electron chi connectivity index (χ0n) is 14.7. The molecular formula is C22H22NO3+2. The highest BCUT2D eigenvalue weighted by atomic mass is 16.7. The fourth-order valence-corrected chi connectivity index (χ4v) is 3.76. The molecule has 1 radical (unpaired) electrons. The molecule has 0 aliphatic heterocycles. The summed E-state index contributed by atoms with van der Waals surface area (Å²) >= 11 is 0. The number of allylic oxidation sites excluding steroid dienone is 2. The van der Waals surface area contributed by atoms with Gasteiger partial charge in [-0.2, -0.15) is 0 Å². The Labute approximate surface area is 152 Å². The predicted octanol–water partition coefficient (Wildman–Crippen LogP) is 3.09. The summed E-state index contributed by atoms with van der Waals surface area (Å²) in [5.41, 5.74) is 3.77. The average Bonchev–Trinajstić information content (AvgIpc) is 3.17. The summed E-state index contributed by atoms with van der Waals surface area (Å²) in [5, 5.41) is 0. The van der Waals surface area contributed by atoms with Crippen molar-refractivity contribution in [3.8, 4) is 0 Å². The number of ketones is 1. The Morgan fingerprint density at radius 3 is 2.46 bits per heavy atom. The Balaban J connectivity index is 1.34. The zero-order chi connectivity index (χ0) is 18.1. The predicted molar refractivity (Wildman–Crippen MR) is 97.2 cm³/mol. The molecule has 2 aromatic rings. The highest BCUT2D eigenvalue weighted by Gasteiger charge is 2.60. The van der Waals surface area contributed by atoms with Crippen LogP contribution in [0, 0.1) is 17.8 Å². The van der Waals surface area contributed by atoms with Crippen molar-refractivity contribution >= 4 is 11.8 Å². The lowest BCUT2D eigenvalue weighted by molar-refractivity contribution is -0.898. The second-order valence-electron chi connectivity index (χ2n) is 7.11. The fraction of sp³-hybridized carbons (Fsp3) is 0.273. The van der Waals surface area contributed by atoms with Gasteiger partial charge in [0.2, 0.25) is 4.79 Å². The molecule has 0 unspecified atom stereocenters. The second kappa shape index (κ2) is 6.89. The van der Waals surface area contributed by atoms with Crippen LogP contribution in [0.15, 0.2) is 66.7 Å². The van der Waals surface area contributed by atoms with Crippen molar-refractivity contribution < 1.29 is 19.9 Å². The molecule has 0 saturated heterocycles. The van der Waals surface area contributed by atoms with Gasteiger partial charge in [-0.15, -0.1) is 5.48 Å². The van der Waals surface area contributed by atoms with Gasteiger partial charge in [-0.25, -0.2) is 4.79 Å². The molecule has 2 aromatic carbocycles. The number of carbonyl (C=O) groups excluding carboxylic acids is 2. The van der Waals surface area contributed by atoms with Gasteiger partial charge in [-0.3, -0.25) is 4.84 Å². The van der Waals surface area contributed by atoms with Crippen LogP contribution in [0.5, 0.6) is 0 Å². The topological polar surface area (TPSA) is 62.8 Å². The first-order valence-corrected chi connectivity index (χ1v) is 9.05. The lowest BCUT2D eigenvalue weighted by Gasteiger charge is -2.09. The highest BCUT2D eigenvalue weighted by molar-refractivity contribution is 6.01. The molecule has 4 atom stereocenters. The lowest BCUT2D eigenvalue weighted by Crippen LogP contribution is -2.84. The lowest BCUT2D eigenvalue weighted by atomic mass is 10.0. The van der Waals surface area contributed by atoms with Crippen molar-refractivity contribution in [1.82, 2.24) is 0 Å². The molecule has 1 fully saturated rings. The van der Waals surface area contributed by atoms with E-state index < -0.39 is 5.97 Å². The van der Waals surface area contributed by atoms with E-state index in [2.05, 4.69) is 12.2 Å². The van der Waals surface area contributed by atoms with E-state index in [1.165, 1.54) is 0 Å². The third-order valence-corrected chi connectivity index (χ3v) is 5.41. The van der Waals surface area contributed by atoms with Gasteiger partial charge in [0.15, 0.2) is 0 Å². The molecule has 0 spiro atoms. The number of rotatable bonds is 6. The van der Waals surface area contributed by atoms with Gasteiger partial charge >= 0.3 is 11.8 Å². The van der Waals surface area contributed by atoms with E-state index >= 15 is 0 Å². The molecule has 0 bridgehead atoms. The largest absolute Gasteiger partial charge is 0.478 e. The smallest absolute Gasteiger partial charge is 0.274 e. The Morgan fingerprint density at radius 1 is 1.12 bits per heavy atom. The normalized spacial score (nSPS) is 24.0. The van der Waals surface area contributed by atoms with Gasteiger partial charge < -0.3 is 0 Å². The van der Waals surface area contributed by atoms with Crippen LogP contribution in [0.1, 0.15) is 45.7 Å². The minimum Gasteiger partial charge on any atom is -0.274 e. The van der Waals surface area contributed by atoms with Gasteiger partial charge in [0.1, 0.15) is 6.04 Å². The number of carbonyl (C=O) groups is 2. The van der Waals surface area contributed by atoms with Gasteiger partial charge in [0.05, 0.1) is 17.0 Å². The van der Waals surface area contributed by atoms with E-state index in [9.17, 15) is 9.59 Å². The first-order chi connectivity index (χ1) is 12.6. The van der Waals surface area contributed by atoms with Crippen LogP contribution in [0.4, 0.5) is 0 Å². The van der Waals surface area contributed by atoms with Crippen molar-refractivity contribution in [2.75, 3.05) is 0 Å². The van der Waals surface area contributed by atoms with Crippen LogP contribution in [0.2, 0.25) is 0 Å². The fourth-order valence-electron chi connectivity index (χ4n) is 3.76. The number of hydrogen-bond donors (Lipinski definition) is 1. The van der Waals surface area contributed by atoms with E-state index in [0.717, 1.165) is 12.0 Å². The first-order valence-electron chi connectivity index (χ1n) is 9.05. The molecule has 0 amide bonds. The van der Waals surface area contributed by atoms with Crippen molar-refractivity contribution in [2.24, 2.45) is 17.8 Å². The molecule has 2 aliphatic rings. The summed E-state index contributed by atoms with van der Waals surface area (Å²) in [6.07, 6.45) is 5.33. The third kappa shape index (κ3) is 3.20. The standard InChI is InChI=1S/C22H21NO3/c1-14(15-6-3-2-4-7-15)23-26-22(25)17-12-10-16(11-13-17)21(24)20-18-8-5-9-19(18)20/h2-8,10-14,18-20,23H,9H2,1H3/q+1/p+1/t14-,18+,19-,20+/m0/s1. The van der Waals surface area contributed by atoms with Crippen LogP contribution < -0.4 is 5.48 Å². The van der Waals surface area contributed by atoms with E-state index in [0.29, 0.717) is 23.0 Å². The summed E-state index contributed by atoms with van der Waals surface area (Å²) in [6.45, 7) is 1.98. The van der Waals surface area contributed by atoms with Crippen molar-refractivity contribution in [3.63, 3.8) is 0 Å². The minimum atomic E-state index is -0.405. The van der Waals surface area contributed by atoms with Crippen LogP contribution in [0.3, 0.4) is 0 Å². The van der Waals surface area contributed by atoms with Crippen LogP contribution in [0.25, 0.3) is 0 Å². The molecule has 0 aromatic heterocycles. The average molecular weight is 348 g/mol. The van der Waals surface area contributed by atoms with E-state index in [4.69, 9.17) is 4.84 Å². The highest BCUT2D eigenvalue weighted by Crippen LogP contribution is 2.54. The Morgan fingerprint density at radius 2 is 1.81 bits per heavy atom. The van der Waals surface area contributed by atoms with Gasteiger partial charge in [0, 0.05) is 5.56 Å². The number of hydrogen-bond acceptors (Lipinski definition) is 3. The van der Waals surface area contributed by atoms with Crippen molar-refractivity contribution in [3.05, 3.63) is 83.4 Å².